The fourth-order valence-corrected chi connectivity index (χ4v) is 1.24. The minimum atomic E-state index is -0.567. The van der Waals surface area contributed by atoms with Crippen molar-refractivity contribution in [2.45, 2.75) is 13.0 Å². The van der Waals surface area contributed by atoms with Crippen LogP contribution in [0.5, 0.6) is 0 Å². The van der Waals surface area contributed by atoms with E-state index >= 15 is 0 Å². The van der Waals surface area contributed by atoms with E-state index in [0.29, 0.717) is 5.82 Å². The molecule has 0 aromatic carbocycles. The molecule has 14 heavy (non-hydrogen) atoms. The van der Waals surface area contributed by atoms with E-state index in [1.165, 1.54) is 11.0 Å². The lowest BCUT2D eigenvalue weighted by Gasteiger charge is -2.09. The molecule has 72 valence electrons. The molecule has 1 atom stereocenters. The molecule has 2 rings (SSSR count). The lowest BCUT2D eigenvalue weighted by atomic mass is 10.1. The van der Waals surface area contributed by atoms with E-state index in [4.69, 9.17) is 0 Å². The zero-order chi connectivity index (χ0) is 9.97. The van der Waals surface area contributed by atoms with Gasteiger partial charge in [-0.3, -0.25) is 0 Å². The molecular weight excluding hydrogens is 180 g/mol. The van der Waals surface area contributed by atoms with Crippen molar-refractivity contribution in [2.24, 2.45) is 0 Å². The molecule has 2 aromatic heterocycles. The first-order chi connectivity index (χ1) is 6.79. The molecule has 5 nitrogen and oxygen atoms in total. The van der Waals surface area contributed by atoms with Gasteiger partial charge in [0.1, 0.15) is 12.7 Å². The Bertz CT molecular complexity index is 411. The molecule has 0 spiro atoms. The van der Waals surface area contributed by atoms with E-state index in [0.717, 1.165) is 5.56 Å². The van der Waals surface area contributed by atoms with Gasteiger partial charge < -0.3 is 5.11 Å². The zero-order valence-electron chi connectivity index (χ0n) is 7.70. The van der Waals surface area contributed by atoms with Crippen molar-refractivity contribution in [3.05, 3.63) is 36.5 Å². The maximum Gasteiger partial charge on any atom is 0.160 e. The smallest absolute Gasteiger partial charge is 0.160 e. The van der Waals surface area contributed by atoms with Crippen molar-refractivity contribution >= 4 is 0 Å². The Morgan fingerprint density at radius 2 is 2.36 bits per heavy atom. The molecule has 1 unspecified atom stereocenters. The Kier molecular flexibility index (Phi) is 2.24. The first-order valence-electron chi connectivity index (χ1n) is 4.27. The molecule has 0 aliphatic rings. The normalized spacial score (nSPS) is 12.7. The quantitative estimate of drug-likeness (QED) is 0.757. The van der Waals surface area contributed by atoms with E-state index in [1.54, 1.807) is 25.5 Å². The second-order valence-electron chi connectivity index (χ2n) is 2.93. The lowest BCUT2D eigenvalue weighted by Crippen LogP contribution is -2.05. The van der Waals surface area contributed by atoms with E-state index < -0.39 is 6.10 Å². The molecular formula is C9H10N4O. The van der Waals surface area contributed by atoms with Gasteiger partial charge in [0.05, 0.1) is 6.10 Å². The van der Waals surface area contributed by atoms with Crippen molar-refractivity contribution in [1.29, 1.82) is 0 Å². The second-order valence-corrected chi connectivity index (χ2v) is 2.93. The molecule has 2 heterocycles. The zero-order valence-corrected chi connectivity index (χ0v) is 7.70. The van der Waals surface area contributed by atoms with Crippen LogP contribution in [-0.2, 0) is 0 Å². The highest BCUT2D eigenvalue weighted by atomic mass is 16.3. The van der Waals surface area contributed by atoms with Gasteiger partial charge in [-0.05, 0) is 13.0 Å². The molecule has 1 N–H and O–H groups in total. The van der Waals surface area contributed by atoms with Gasteiger partial charge in [-0.2, -0.15) is 5.10 Å². The standard InChI is InChI=1S/C9H10N4O/c1-7(14)8-3-2-4-11-9(8)13-6-10-5-12-13/h2-7,14H,1H3. The van der Waals surface area contributed by atoms with Crippen LogP contribution in [-0.4, -0.2) is 24.9 Å². The third-order valence-electron chi connectivity index (χ3n) is 1.90. The van der Waals surface area contributed by atoms with Gasteiger partial charge in [-0.25, -0.2) is 14.6 Å². The maximum atomic E-state index is 9.50. The predicted molar refractivity (Wildman–Crippen MR) is 49.8 cm³/mol. The molecule has 0 fully saturated rings. The van der Waals surface area contributed by atoms with E-state index in [-0.39, 0.29) is 0 Å². The van der Waals surface area contributed by atoms with Crippen molar-refractivity contribution < 1.29 is 5.11 Å². The summed E-state index contributed by atoms with van der Waals surface area (Å²) in [5.41, 5.74) is 0.734. The molecule has 0 saturated heterocycles. The van der Waals surface area contributed by atoms with E-state index in [1.807, 2.05) is 6.07 Å². The van der Waals surface area contributed by atoms with Crippen LogP contribution < -0.4 is 0 Å². The van der Waals surface area contributed by atoms with Crippen LogP contribution in [0.1, 0.15) is 18.6 Å². The average molecular weight is 190 g/mol. The van der Waals surface area contributed by atoms with Gasteiger partial charge in [0, 0.05) is 11.8 Å². The summed E-state index contributed by atoms with van der Waals surface area (Å²) in [6.07, 6.45) is 4.07. The molecule has 0 bridgehead atoms. The molecule has 0 aliphatic heterocycles. The summed E-state index contributed by atoms with van der Waals surface area (Å²) in [6, 6.07) is 3.59. The van der Waals surface area contributed by atoms with Crippen molar-refractivity contribution in [3.63, 3.8) is 0 Å². The summed E-state index contributed by atoms with van der Waals surface area (Å²) < 4.78 is 1.53. The minimum absolute atomic E-state index is 0.567. The Balaban J connectivity index is 2.53. The van der Waals surface area contributed by atoms with E-state index in [9.17, 15) is 5.11 Å². The van der Waals surface area contributed by atoms with Gasteiger partial charge >= 0.3 is 0 Å². The highest BCUT2D eigenvalue weighted by molar-refractivity contribution is 5.33. The fraction of sp³-hybridized carbons (Fsp3) is 0.222. The lowest BCUT2D eigenvalue weighted by molar-refractivity contribution is 0.198. The number of aliphatic hydroxyl groups is 1. The van der Waals surface area contributed by atoms with Crippen LogP contribution in [0.3, 0.4) is 0 Å². The summed E-state index contributed by atoms with van der Waals surface area (Å²) in [5, 5.41) is 13.5. The van der Waals surface area contributed by atoms with Crippen LogP contribution in [0, 0.1) is 0 Å². The number of pyridine rings is 1. The van der Waals surface area contributed by atoms with Gasteiger partial charge in [0.25, 0.3) is 0 Å². The third-order valence-corrected chi connectivity index (χ3v) is 1.90. The van der Waals surface area contributed by atoms with Gasteiger partial charge in [-0.15, -0.1) is 0 Å². The molecule has 0 aliphatic carbocycles. The SMILES string of the molecule is CC(O)c1cccnc1-n1cncn1. The summed E-state index contributed by atoms with van der Waals surface area (Å²) in [7, 11) is 0. The maximum absolute atomic E-state index is 9.50. The van der Waals surface area contributed by atoms with Crippen molar-refractivity contribution in [2.75, 3.05) is 0 Å². The molecule has 0 amide bonds. The number of aromatic nitrogens is 4. The molecule has 5 heteroatoms. The second kappa shape index (κ2) is 3.55. The number of rotatable bonds is 2. The minimum Gasteiger partial charge on any atom is -0.389 e. The average Bonchev–Trinajstić information content (AvgIpc) is 2.70. The Labute approximate surface area is 81.1 Å². The van der Waals surface area contributed by atoms with Gasteiger partial charge in [0.2, 0.25) is 0 Å². The summed E-state index contributed by atoms with van der Waals surface area (Å²) in [6.45, 7) is 1.69. The monoisotopic (exact) mass is 190 g/mol. The Hall–Kier alpha value is -1.75. The van der Waals surface area contributed by atoms with Crippen LogP contribution >= 0.6 is 0 Å². The first kappa shape index (κ1) is 8.83. The molecule has 0 radical (unpaired) electrons. The number of aliphatic hydroxyl groups excluding tert-OH is 1. The highest BCUT2D eigenvalue weighted by Gasteiger charge is 2.10. The number of hydrogen-bond acceptors (Lipinski definition) is 4. The molecule has 2 aromatic rings. The van der Waals surface area contributed by atoms with Crippen molar-refractivity contribution in [1.82, 2.24) is 19.7 Å². The van der Waals surface area contributed by atoms with Crippen LogP contribution in [0.25, 0.3) is 5.82 Å². The first-order valence-corrected chi connectivity index (χ1v) is 4.27. The Morgan fingerprint density at radius 3 is 3.00 bits per heavy atom. The summed E-state index contributed by atoms with van der Waals surface area (Å²) in [4.78, 5) is 7.97. The van der Waals surface area contributed by atoms with Crippen molar-refractivity contribution in [3.8, 4) is 5.82 Å². The predicted octanol–water partition coefficient (Wildman–Crippen LogP) is 0.716. The summed E-state index contributed by atoms with van der Waals surface area (Å²) in [5.74, 6) is 0.611. The van der Waals surface area contributed by atoms with Gasteiger partial charge in [-0.1, -0.05) is 6.07 Å². The topological polar surface area (TPSA) is 63.8 Å². The summed E-state index contributed by atoms with van der Waals surface area (Å²) >= 11 is 0. The highest BCUT2D eigenvalue weighted by Crippen LogP contribution is 2.17. The van der Waals surface area contributed by atoms with Crippen LogP contribution in [0.2, 0.25) is 0 Å². The van der Waals surface area contributed by atoms with E-state index in [2.05, 4.69) is 15.1 Å². The molecule has 0 saturated carbocycles. The third kappa shape index (κ3) is 1.49. The van der Waals surface area contributed by atoms with Gasteiger partial charge in [0.15, 0.2) is 5.82 Å². The van der Waals surface area contributed by atoms with Crippen LogP contribution in [0.4, 0.5) is 0 Å². The number of hydrogen-bond donors (Lipinski definition) is 1. The largest absolute Gasteiger partial charge is 0.389 e. The Morgan fingerprint density at radius 1 is 1.50 bits per heavy atom. The number of nitrogens with zero attached hydrogens (tertiary/aromatic N) is 4. The van der Waals surface area contributed by atoms with Crippen LogP contribution in [0.15, 0.2) is 31.0 Å². The fourth-order valence-electron chi connectivity index (χ4n) is 1.24.